The predicted molar refractivity (Wildman–Crippen MR) is 94.9 cm³/mol. The Bertz CT molecular complexity index is 370. The molecule has 0 aromatic heterocycles. The zero-order valence-corrected chi connectivity index (χ0v) is 14.5. The fourth-order valence-corrected chi connectivity index (χ4v) is 2.85. The molecule has 1 heteroatoms. The second-order valence-electron chi connectivity index (χ2n) is 6.19. The molecule has 0 saturated carbocycles. The minimum Gasteiger partial charge on any atom is -0.313 e. The molecule has 1 aromatic rings. The number of hydrogen-bond acceptors (Lipinski definition) is 1. The van der Waals surface area contributed by atoms with Crippen LogP contribution in [0.4, 0.5) is 0 Å². The molecular formula is C20H35N. The van der Waals surface area contributed by atoms with E-state index in [0.29, 0.717) is 0 Å². The second-order valence-corrected chi connectivity index (χ2v) is 6.19. The molecule has 0 saturated heterocycles. The monoisotopic (exact) mass is 289 g/mol. The minimum absolute atomic E-state index is 1.03. The Labute approximate surface area is 132 Å². The van der Waals surface area contributed by atoms with Crippen LogP contribution in [-0.2, 0) is 19.4 Å². The van der Waals surface area contributed by atoms with Crippen molar-refractivity contribution in [3.05, 3.63) is 34.9 Å². The van der Waals surface area contributed by atoms with E-state index in [1.54, 1.807) is 5.56 Å². The van der Waals surface area contributed by atoms with E-state index in [0.717, 1.165) is 13.1 Å². The lowest BCUT2D eigenvalue weighted by atomic mass is 9.96. The fraction of sp³-hybridized carbons (Fsp3) is 0.700. The number of benzene rings is 1. The van der Waals surface area contributed by atoms with E-state index in [1.165, 1.54) is 68.9 Å². The Balaban J connectivity index is 2.58. The highest BCUT2D eigenvalue weighted by Crippen LogP contribution is 2.17. The van der Waals surface area contributed by atoms with Crippen LogP contribution in [0.15, 0.2) is 18.2 Å². The topological polar surface area (TPSA) is 12.0 Å². The van der Waals surface area contributed by atoms with E-state index in [2.05, 4.69) is 44.3 Å². The van der Waals surface area contributed by atoms with Crippen molar-refractivity contribution >= 4 is 0 Å². The fourth-order valence-electron chi connectivity index (χ4n) is 2.85. The summed E-state index contributed by atoms with van der Waals surface area (Å²) >= 11 is 0. The van der Waals surface area contributed by atoms with E-state index in [1.807, 2.05) is 0 Å². The van der Waals surface area contributed by atoms with Gasteiger partial charge in [-0.3, -0.25) is 0 Å². The molecule has 0 fully saturated rings. The summed E-state index contributed by atoms with van der Waals surface area (Å²) in [5, 5.41) is 3.55. The summed E-state index contributed by atoms with van der Waals surface area (Å²) in [6, 6.07) is 7.15. The highest BCUT2D eigenvalue weighted by Gasteiger charge is 2.04. The number of unbranched alkanes of at least 4 members (excludes halogenated alkanes) is 4. The van der Waals surface area contributed by atoms with E-state index in [-0.39, 0.29) is 0 Å². The summed E-state index contributed by atoms with van der Waals surface area (Å²) in [6.07, 6.45) is 11.8. The maximum Gasteiger partial charge on any atom is 0.0208 e. The molecule has 0 amide bonds. The third kappa shape index (κ3) is 7.66. The summed E-state index contributed by atoms with van der Waals surface area (Å²) in [4.78, 5) is 0. The van der Waals surface area contributed by atoms with Gasteiger partial charge in [-0.25, -0.2) is 0 Å². The van der Waals surface area contributed by atoms with Crippen molar-refractivity contribution < 1.29 is 0 Å². The first-order valence-electron chi connectivity index (χ1n) is 9.13. The van der Waals surface area contributed by atoms with Crippen LogP contribution in [0.25, 0.3) is 0 Å². The van der Waals surface area contributed by atoms with Gasteiger partial charge in [0.2, 0.25) is 0 Å². The molecule has 1 nitrogen and oxygen atoms in total. The smallest absolute Gasteiger partial charge is 0.0208 e. The largest absolute Gasteiger partial charge is 0.313 e. The van der Waals surface area contributed by atoms with Crippen LogP contribution in [0.3, 0.4) is 0 Å². The van der Waals surface area contributed by atoms with Gasteiger partial charge in [-0.15, -0.1) is 0 Å². The van der Waals surface area contributed by atoms with Crippen molar-refractivity contribution in [3.8, 4) is 0 Å². The lowest BCUT2D eigenvalue weighted by Gasteiger charge is -2.13. The Morgan fingerprint density at radius 3 is 2.29 bits per heavy atom. The molecule has 0 spiro atoms. The molecule has 0 atom stereocenters. The Morgan fingerprint density at radius 1 is 0.762 bits per heavy atom. The first kappa shape index (κ1) is 18.2. The molecule has 0 unspecified atom stereocenters. The van der Waals surface area contributed by atoms with Crippen molar-refractivity contribution in [1.29, 1.82) is 0 Å². The summed E-state index contributed by atoms with van der Waals surface area (Å²) in [5.74, 6) is 0. The van der Waals surface area contributed by atoms with Gasteiger partial charge in [0.25, 0.3) is 0 Å². The lowest BCUT2D eigenvalue weighted by molar-refractivity contribution is 0.625. The molecule has 0 heterocycles. The molecule has 21 heavy (non-hydrogen) atoms. The Kier molecular flexibility index (Phi) is 10.2. The molecule has 1 N–H and O–H groups in total. The number of aryl methyl sites for hydroxylation is 2. The minimum atomic E-state index is 1.03. The van der Waals surface area contributed by atoms with Crippen LogP contribution in [0.5, 0.6) is 0 Å². The summed E-state index contributed by atoms with van der Waals surface area (Å²) in [7, 11) is 0. The van der Waals surface area contributed by atoms with Gasteiger partial charge in [0, 0.05) is 6.54 Å². The normalized spacial score (nSPS) is 11.0. The van der Waals surface area contributed by atoms with Gasteiger partial charge in [0.1, 0.15) is 0 Å². The Hall–Kier alpha value is -0.820. The van der Waals surface area contributed by atoms with Crippen molar-refractivity contribution in [2.45, 2.75) is 85.1 Å². The van der Waals surface area contributed by atoms with Crippen LogP contribution in [0.2, 0.25) is 0 Å². The van der Waals surface area contributed by atoms with Crippen molar-refractivity contribution in [2.75, 3.05) is 6.54 Å². The summed E-state index contributed by atoms with van der Waals surface area (Å²) in [5.41, 5.74) is 4.61. The van der Waals surface area contributed by atoms with E-state index < -0.39 is 0 Å². The number of rotatable bonds is 12. The van der Waals surface area contributed by atoms with Crippen LogP contribution in [0.1, 0.15) is 82.4 Å². The maximum absolute atomic E-state index is 3.55. The number of hydrogen-bond donors (Lipinski definition) is 1. The summed E-state index contributed by atoms with van der Waals surface area (Å²) in [6.45, 7) is 8.93. The van der Waals surface area contributed by atoms with E-state index in [9.17, 15) is 0 Å². The molecule has 0 radical (unpaired) electrons. The molecule has 120 valence electrons. The molecule has 0 aliphatic rings. The molecule has 1 rings (SSSR count). The maximum atomic E-state index is 3.55. The van der Waals surface area contributed by atoms with Gasteiger partial charge in [-0.2, -0.15) is 0 Å². The van der Waals surface area contributed by atoms with E-state index in [4.69, 9.17) is 0 Å². The molecule has 0 bridgehead atoms. The average molecular weight is 290 g/mol. The van der Waals surface area contributed by atoms with Crippen molar-refractivity contribution in [2.24, 2.45) is 0 Å². The number of nitrogens with one attached hydrogen (secondary N) is 1. The van der Waals surface area contributed by atoms with Gasteiger partial charge < -0.3 is 5.32 Å². The lowest BCUT2D eigenvalue weighted by Crippen LogP contribution is -2.15. The predicted octanol–water partition coefficient (Wildman–Crippen LogP) is 5.65. The second kappa shape index (κ2) is 11.8. The SMILES string of the molecule is CCCCCCCc1cc(CCC)ccc1CNCCC. The highest BCUT2D eigenvalue weighted by molar-refractivity contribution is 5.32. The third-order valence-electron chi connectivity index (χ3n) is 4.10. The van der Waals surface area contributed by atoms with Gasteiger partial charge in [-0.1, -0.05) is 71.1 Å². The quantitative estimate of drug-likeness (QED) is 0.490. The van der Waals surface area contributed by atoms with Gasteiger partial charge in [-0.05, 0) is 48.9 Å². The van der Waals surface area contributed by atoms with Crippen LogP contribution in [0, 0.1) is 0 Å². The standard InChI is InChI=1S/C20H35N/c1-4-7-8-9-10-12-19-16-18(11-5-2)13-14-20(19)17-21-15-6-3/h13-14,16,21H,4-12,15,17H2,1-3H3. The van der Waals surface area contributed by atoms with Crippen molar-refractivity contribution in [3.63, 3.8) is 0 Å². The van der Waals surface area contributed by atoms with Crippen molar-refractivity contribution in [1.82, 2.24) is 5.32 Å². The zero-order chi connectivity index (χ0) is 15.3. The highest BCUT2D eigenvalue weighted by atomic mass is 14.8. The average Bonchev–Trinajstić information content (AvgIpc) is 2.49. The molecule has 0 aliphatic carbocycles. The van der Waals surface area contributed by atoms with Crippen LogP contribution >= 0.6 is 0 Å². The third-order valence-corrected chi connectivity index (χ3v) is 4.10. The molecule has 0 aliphatic heterocycles. The molecule has 1 aromatic carbocycles. The molecular weight excluding hydrogens is 254 g/mol. The Morgan fingerprint density at radius 2 is 1.57 bits per heavy atom. The van der Waals surface area contributed by atoms with Gasteiger partial charge >= 0.3 is 0 Å². The first-order valence-corrected chi connectivity index (χ1v) is 9.13. The van der Waals surface area contributed by atoms with Crippen LogP contribution < -0.4 is 5.32 Å². The zero-order valence-electron chi connectivity index (χ0n) is 14.5. The van der Waals surface area contributed by atoms with Gasteiger partial charge in [0.15, 0.2) is 0 Å². The van der Waals surface area contributed by atoms with Crippen LogP contribution in [-0.4, -0.2) is 6.54 Å². The van der Waals surface area contributed by atoms with E-state index >= 15 is 0 Å². The first-order chi connectivity index (χ1) is 10.3. The van der Waals surface area contributed by atoms with Gasteiger partial charge in [0.05, 0.1) is 0 Å². The summed E-state index contributed by atoms with van der Waals surface area (Å²) < 4.78 is 0.